The molecule has 1 aromatic carbocycles. The normalized spacial score (nSPS) is 17.5. The highest BCUT2D eigenvalue weighted by Gasteiger charge is 2.33. The average molecular weight is 307 g/mol. The van der Waals surface area contributed by atoms with E-state index in [1.807, 2.05) is 0 Å². The van der Waals surface area contributed by atoms with Crippen LogP contribution in [0.15, 0.2) is 24.3 Å². The molecule has 2 N–H and O–H groups in total. The molecule has 1 aliphatic rings. The second kappa shape index (κ2) is 6.79. The lowest BCUT2D eigenvalue weighted by Gasteiger charge is -2.31. The van der Waals surface area contributed by atoms with Crippen molar-refractivity contribution in [2.24, 2.45) is 5.92 Å². The van der Waals surface area contributed by atoms with Gasteiger partial charge in [0.05, 0.1) is 26.7 Å². The van der Waals surface area contributed by atoms with Crippen molar-refractivity contribution in [1.29, 1.82) is 0 Å². The molecule has 8 nitrogen and oxygen atoms in total. The zero-order valence-electron chi connectivity index (χ0n) is 12.3. The molecule has 0 spiro atoms. The summed E-state index contributed by atoms with van der Waals surface area (Å²) >= 11 is 0. The minimum Gasteiger partial charge on any atom is -0.497 e. The van der Waals surface area contributed by atoms with Crippen LogP contribution in [-0.4, -0.2) is 43.7 Å². The number of amides is 3. The van der Waals surface area contributed by atoms with Crippen LogP contribution in [0.5, 0.6) is 5.75 Å². The fourth-order valence-electron chi connectivity index (χ4n) is 2.10. The standard InChI is InChI=1S/C14H17N3O5/c1-21-11-5-3-4-10(7-11)15-14(20)17-8-9(13(19)22-2)6-12(18)16-17/h3-5,7,9H,6,8H2,1-2H3,(H,15,20)(H,16,18). The molecule has 0 radical (unpaired) electrons. The van der Waals surface area contributed by atoms with E-state index in [-0.39, 0.29) is 13.0 Å². The summed E-state index contributed by atoms with van der Waals surface area (Å²) in [6, 6.07) is 6.24. The van der Waals surface area contributed by atoms with Crippen molar-refractivity contribution in [2.45, 2.75) is 6.42 Å². The van der Waals surface area contributed by atoms with Gasteiger partial charge in [0, 0.05) is 18.2 Å². The largest absolute Gasteiger partial charge is 0.497 e. The SMILES string of the molecule is COC(=O)C1CC(=O)NN(C(=O)Nc2cccc(OC)c2)C1. The van der Waals surface area contributed by atoms with Crippen LogP contribution in [-0.2, 0) is 14.3 Å². The summed E-state index contributed by atoms with van der Waals surface area (Å²) < 4.78 is 9.69. The van der Waals surface area contributed by atoms with Crippen LogP contribution in [0.2, 0.25) is 0 Å². The van der Waals surface area contributed by atoms with Crippen LogP contribution >= 0.6 is 0 Å². The summed E-state index contributed by atoms with van der Waals surface area (Å²) in [5.74, 6) is -1.01. The number of ether oxygens (including phenoxy) is 2. The van der Waals surface area contributed by atoms with E-state index in [2.05, 4.69) is 15.5 Å². The van der Waals surface area contributed by atoms with Gasteiger partial charge in [-0.05, 0) is 12.1 Å². The third-order valence-electron chi connectivity index (χ3n) is 3.20. The lowest BCUT2D eigenvalue weighted by atomic mass is 10.0. The maximum Gasteiger partial charge on any atom is 0.340 e. The van der Waals surface area contributed by atoms with Gasteiger partial charge in [-0.3, -0.25) is 15.0 Å². The summed E-state index contributed by atoms with van der Waals surface area (Å²) in [5.41, 5.74) is 2.93. The molecular formula is C14H17N3O5. The smallest absolute Gasteiger partial charge is 0.340 e. The van der Waals surface area contributed by atoms with Gasteiger partial charge in [0.2, 0.25) is 5.91 Å². The molecule has 0 saturated carbocycles. The minimum absolute atomic E-state index is 0.00435. The first-order valence-corrected chi connectivity index (χ1v) is 6.63. The van der Waals surface area contributed by atoms with Crippen LogP contribution in [0, 0.1) is 5.92 Å². The molecule has 2 rings (SSSR count). The van der Waals surface area contributed by atoms with Crippen LogP contribution < -0.4 is 15.5 Å². The Morgan fingerprint density at radius 1 is 1.36 bits per heavy atom. The molecule has 3 amide bonds. The molecule has 22 heavy (non-hydrogen) atoms. The van der Waals surface area contributed by atoms with Gasteiger partial charge in [0.25, 0.3) is 0 Å². The van der Waals surface area contributed by atoms with Crippen molar-refractivity contribution in [1.82, 2.24) is 10.4 Å². The Morgan fingerprint density at radius 2 is 2.14 bits per heavy atom. The Hall–Kier alpha value is -2.77. The summed E-state index contributed by atoms with van der Waals surface area (Å²) in [6.07, 6.45) is -0.00435. The number of urea groups is 1. The zero-order chi connectivity index (χ0) is 16.1. The van der Waals surface area contributed by atoms with Crippen molar-refractivity contribution in [3.05, 3.63) is 24.3 Å². The van der Waals surface area contributed by atoms with Gasteiger partial charge < -0.3 is 14.8 Å². The Kier molecular flexibility index (Phi) is 4.82. The highest BCUT2D eigenvalue weighted by molar-refractivity contribution is 5.93. The first-order chi connectivity index (χ1) is 10.5. The zero-order valence-corrected chi connectivity index (χ0v) is 12.3. The summed E-state index contributed by atoms with van der Waals surface area (Å²) in [6.45, 7) is 0.0498. The molecule has 1 fully saturated rings. The third kappa shape index (κ3) is 3.66. The third-order valence-corrected chi connectivity index (χ3v) is 3.20. The number of anilines is 1. The number of methoxy groups -OCH3 is 2. The van der Waals surface area contributed by atoms with Crippen molar-refractivity contribution in [3.8, 4) is 5.75 Å². The molecule has 1 saturated heterocycles. The van der Waals surface area contributed by atoms with E-state index in [1.165, 1.54) is 14.2 Å². The van der Waals surface area contributed by atoms with Crippen molar-refractivity contribution in [3.63, 3.8) is 0 Å². The Labute approximate surface area is 127 Å². The topological polar surface area (TPSA) is 97.0 Å². The summed E-state index contributed by atoms with van der Waals surface area (Å²) in [7, 11) is 2.77. The van der Waals surface area contributed by atoms with Crippen molar-refractivity contribution >= 4 is 23.6 Å². The van der Waals surface area contributed by atoms with E-state index in [0.29, 0.717) is 11.4 Å². The number of esters is 1. The first-order valence-electron chi connectivity index (χ1n) is 6.63. The molecule has 8 heteroatoms. The van der Waals surface area contributed by atoms with Crippen LogP contribution in [0.1, 0.15) is 6.42 Å². The number of nitrogens with zero attached hydrogens (tertiary/aromatic N) is 1. The van der Waals surface area contributed by atoms with Gasteiger partial charge in [-0.2, -0.15) is 0 Å². The molecule has 1 atom stereocenters. The number of benzene rings is 1. The van der Waals surface area contributed by atoms with Gasteiger partial charge in [-0.25, -0.2) is 9.80 Å². The van der Waals surface area contributed by atoms with E-state index in [4.69, 9.17) is 4.74 Å². The Bertz CT molecular complexity index is 590. The molecule has 1 aromatic rings. The molecular weight excluding hydrogens is 290 g/mol. The maximum atomic E-state index is 12.2. The van der Waals surface area contributed by atoms with Gasteiger partial charge in [0.1, 0.15) is 5.75 Å². The number of rotatable bonds is 3. The van der Waals surface area contributed by atoms with Gasteiger partial charge in [0.15, 0.2) is 0 Å². The van der Waals surface area contributed by atoms with E-state index in [9.17, 15) is 14.4 Å². The average Bonchev–Trinajstić information content (AvgIpc) is 2.53. The molecule has 0 bridgehead atoms. The van der Waals surface area contributed by atoms with Crippen LogP contribution in [0.4, 0.5) is 10.5 Å². The number of hydrogen-bond acceptors (Lipinski definition) is 5. The van der Waals surface area contributed by atoms with Crippen molar-refractivity contribution < 1.29 is 23.9 Å². The van der Waals surface area contributed by atoms with Gasteiger partial charge >= 0.3 is 12.0 Å². The monoisotopic (exact) mass is 307 g/mol. The number of hydrazine groups is 1. The van der Waals surface area contributed by atoms with E-state index in [1.54, 1.807) is 24.3 Å². The maximum absolute atomic E-state index is 12.2. The van der Waals surface area contributed by atoms with E-state index >= 15 is 0 Å². The lowest BCUT2D eigenvalue weighted by Crippen LogP contribution is -2.56. The molecule has 118 valence electrons. The predicted octanol–water partition coefficient (Wildman–Crippen LogP) is 0.753. The molecule has 1 aliphatic heterocycles. The lowest BCUT2D eigenvalue weighted by molar-refractivity contribution is -0.151. The quantitative estimate of drug-likeness (QED) is 0.803. The number of carbonyl (C=O) groups excluding carboxylic acids is 3. The fourth-order valence-corrected chi connectivity index (χ4v) is 2.10. The molecule has 0 aromatic heterocycles. The number of hydrogen-bond donors (Lipinski definition) is 2. The number of carbonyl (C=O) groups is 3. The van der Waals surface area contributed by atoms with Crippen molar-refractivity contribution in [2.75, 3.05) is 26.1 Å². The van der Waals surface area contributed by atoms with E-state index in [0.717, 1.165) is 5.01 Å². The highest BCUT2D eigenvalue weighted by Crippen LogP contribution is 2.18. The van der Waals surface area contributed by atoms with Gasteiger partial charge in [-0.15, -0.1) is 0 Å². The van der Waals surface area contributed by atoms with E-state index < -0.39 is 23.8 Å². The Balaban J connectivity index is 2.04. The molecule has 1 unspecified atom stereocenters. The number of nitrogens with one attached hydrogen (secondary N) is 2. The van der Waals surface area contributed by atoms with Gasteiger partial charge in [-0.1, -0.05) is 6.07 Å². The molecule has 0 aliphatic carbocycles. The summed E-state index contributed by atoms with van der Waals surface area (Å²) in [5, 5.41) is 3.69. The molecule has 1 heterocycles. The second-order valence-corrected chi connectivity index (χ2v) is 4.73. The Morgan fingerprint density at radius 3 is 2.82 bits per heavy atom. The summed E-state index contributed by atoms with van der Waals surface area (Å²) in [4.78, 5) is 35.3. The highest BCUT2D eigenvalue weighted by atomic mass is 16.5. The minimum atomic E-state index is -0.671. The van der Waals surface area contributed by atoms with Crippen LogP contribution in [0.25, 0.3) is 0 Å². The first kappa shape index (κ1) is 15.6. The van der Waals surface area contributed by atoms with Crippen LogP contribution in [0.3, 0.4) is 0 Å². The second-order valence-electron chi connectivity index (χ2n) is 4.73. The fraction of sp³-hybridized carbons (Fsp3) is 0.357. The predicted molar refractivity (Wildman–Crippen MR) is 77.0 cm³/mol.